The minimum Gasteiger partial charge on any atom is -0.399 e. The molecule has 0 atom stereocenters. The highest BCUT2D eigenvalue weighted by Crippen LogP contribution is 2.16. The monoisotopic (exact) mass is 254 g/mol. The second kappa shape index (κ2) is 5.57. The van der Waals surface area contributed by atoms with Gasteiger partial charge in [0.2, 0.25) is 0 Å². The second-order valence-electron chi connectivity index (χ2n) is 4.65. The van der Waals surface area contributed by atoms with Gasteiger partial charge in [-0.1, -0.05) is 24.3 Å². The highest BCUT2D eigenvalue weighted by molar-refractivity contribution is 5.95. The third-order valence-corrected chi connectivity index (χ3v) is 3.15. The molecule has 2 aromatic carbocycles. The SMILES string of the molecule is CNC(=O)c1ccc(Cc2ccc(N)cc2)cc1C. The lowest BCUT2D eigenvalue weighted by Crippen LogP contribution is -2.18. The third-order valence-electron chi connectivity index (χ3n) is 3.15. The standard InChI is InChI=1S/C16H18N2O/c1-11-9-13(5-8-15(11)16(19)18-2)10-12-3-6-14(17)7-4-12/h3-9H,10,17H2,1-2H3,(H,18,19). The first kappa shape index (κ1) is 13.1. The first-order valence-corrected chi connectivity index (χ1v) is 6.26. The van der Waals surface area contributed by atoms with E-state index >= 15 is 0 Å². The van der Waals surface area contributed by atoms with Gasteiger partial charge in [-0.05, 0) is 48.2 Å². The summed E-state index contributed by atoms with van der Waals surface area (Å²) in [5, 5.41) is 2.64. The van der Waals surface area contributed by atoms with Gasteiger partial charge in [0.15, 0.2) is 0 Å². The van der Waals surface area contributed by atoms with Crippen molar-refractivity contribution < 1.29 is 4.79 Å². The molecular formula is C16H18N2O. The fourth-order valence-corrected chi connectivity index (χ4v) is 2.10. The number of rotatable bonds is 3. The van der Waals surface area contributed by atoms with Crippen molar-refractivity contribution in [2.45, 2.75) is 13.3 Å². The molecule has 3 nitrogen and oxygen atoms in total. The number of hydrogen-bond donors (Lipinski definition) is 2. The van der Waals surface area contributed by atoms with Gasteiger partial charge in [0.25, 0.3) is 5.91 Å². The summed E-state index contributed by atoms with van der Waals surface area (Å²) >= 11 is 0. The summed E-state index contributed by atoms with van der Waals surface area (Å²) in [4.78, 5) is 11.6. The molecule has 0 aliphatic rings. The highest BCUT2D eigenvalue weighted by Gasteiger charge is 2.07. The van der Waals surface area contributed by atoms with Gasteiger partial charge in [0.1, 0.15) is 0 Å². The van der Waals surface area contributed by atoms with Gasteiger partial charge in [0.05, 0.1) is 0 Å². The zero-order valence-electron chi connectivity index (χ0n) is 11.2. The fraction of sp³-hybridized carbons (Fsp3) is 0.188. The van der Waals surface area contributed by atoms with Crippen LogP contribution in [-0.2, 0) is 6.42 Å². The zero-order chi connectivity index (χ0) is 13.8. The van der Waals surface area contributed by atoms with Gasteiger partial charge in [-0.25, -0.2) is 0 Å². The molecule has 0 bridgehead atoms. The predicted octanol–water partition coefficient (Wildman–Crippen LogP) is 2.53. The van der Waals surface area contributed by atoms with Crippen LogP contribution in [0.25, 0.3) is 0 Å². The van der Waals surface area contributed by atoms with Crippen LogP contribution in [0.4, 0.5) is 5.69 Å². The molecule has 0 aliphatic heterocycles. The maximum atomic E-state index is 11.6. The number of anilines is 1. The Hall–Kier alpha value is -2.29. The summed E-state index contributed by atoms with van der Waals surface area (Å²) in [5.74, 6) is -0.0449. The number of carbonyl (C=O) groups excluding carboxylic acids is 1. The Morgan fingerprint density at radius 1 is 1.11 bits per heavy atom. The molecule has 0 saturated carbocycles. The maximum absolute atomic E-state index is 11.6. The highest BCUT2D eigenvalue weighted by atomic mass is 16.1. The Labute approximate surface area is 113 Å². The number of aryl methyl sites for hydroxylation is 1. The van der Waals surface area contributed by atoms with E-state index in [4.69, 9.17) is 5.73 Å². The molecule has 0 aliphatic carbocycles. The van der Waals surface area contributed by atoms with Crippen molar-refractivity contribution in [3.63, 3.8) is 0 Å². The summed E-state index contributed by atoms with van der Waals surface area (Å²) in [6, 6.07) is 13.8. The average molecular weight is 254 g/mol. The van der Waals surface area contributed by atoms with E-state index < -0.39 is 0 Å². The summed E-state index contributed by atoms with van der Waals surface area (Å²) in [5.41, 5.74) is 10.6. The molecule has 0 saturated heterocycles. The third kappa shape index (κ3) is 3.13. The van der Waals surface area contributed by atoms with Gasteiger partial charge in [-0.3, -0.25) is 4.79 Å². The minimum atomic E-state index is -0.0449. The van der Waals surface area contributed by atoms with Crippen molar-refractivity contribution in [3.05, 3.63) is 64.7 Å². The van der Waals surface area contributed by atoms with E-state index in [0.29, 0.717) is 0 Å². The van der Waals surface area contributed by atoms with Crippen LogP contribution >= 0.6 is 0 Å². The van der Waals surface area contributed by atoms with Crippen LogP contribution in [0.3, 0.4) is 0 Å². The maximum Gasteiger partial charge on any atom is 0.251 e. The molecule has 3 heteroatoms. The molecular weight excluding hydrogens is 236 g/mol. The van der Waals surface area contributed by atoms with Gasteiger partial charge >= 0.3 is 0 Å². The molecule has 2 aromatic rings. The number of nitrogen functional groups attached to an aromatic ring is 1. The quantitative estimate of drug-likeness (QED) is 0.827. The molecule has 0 radical (unpaired) electrons. The summed E-state index contributed by atoms with van der Waals surface area (Å²) in [6.45, 7) is 1.96. The summed E-state index contributed by atoms with van der Waals surface area (Å²) in [7, 11) is 1.64. The average Bonchev–Trinajstić information content (AvgIpc) is 2.41. The van der Waals surface area contributed by atoms with Crippen molar-refractivity contribution in [1.29, 1.82) is 0 Å². The van der Waals surface area contributed by atoms with Crippen LogP contribution in [-0.4, -0.2) is 13.0 Å². The van der Waals surface area contributed by atoms with Crippen LogP contribution < -0.4 is 11.1 Å². The van der Waals surface area contributed by atoms with Gasteiger partial charge in [-0.15, -0.1) is 0 Å². The van der Waals surface area contributed by atoms with Crippen LogP contribution in [0.15, 0.2) is 42.5 Å². The predicted molar refractivity (Wildman–Crippen MR) is 78.2 cm³/mol. The molecule has 1 amide bonds. The molecule has 19 heavy (non-hydrogen) atoms. The van der Waals surface area contributed by atoms with E-state index in [1.807, 2.05) is 43.3 Å². The topological polar surface area (TPSA) is 55.1 Å². The normalized spacial score (nSPS) is 10.2. The number of nitrogens with one attached hydrogen (secondary N) is 1. The lowest BCUT2D eigenvalue weighted by molar-refractivity contribution is 0.0962. The molecule has 3 N–H and O–H groups in total. The Kier molecular flexibility index (Phi) is 3.85. The van der Waals surface area contributed by atoms with Crippen molar-refractivity contribution in [2.24, 2.45) is 0 Å². The molecule has 0 unspecified atom stereocenters. The summed E-state index contributed by atoms with van der Waals surface area (Å²) in [6.07, 6.45) is 0.842. The number of hydrogen-bond acceptors (Lipinski definition) is 2. The Bertz CT molecular complexity index is 588. The Morgan fingerprint density at radius 2 is 1.74 bits per heavy atom. The zero-order valence-corrected chi connectivity index (χ0v) is 11.2. The molecule has 0 fully saturated rings. The lowest BCUT2D eigenvalue weighted by atomic mass is 9.99. The lowest BCUT2D eigenvalue weighted by Gasteiger charge is -2.08. The van der Waals surface area contributed by atoms with Gasteiger partial charge < -0.3 is 11.1 Å². The fourth-order valence-electron chi connectivity index (χ4n) is 2.10. The van der Waals surface area contributed by atoms with Crippen LogP contribution in [0.1, 0.15) is 27.0 Å². The van der Waals surface area contributed by atoms with Gasteiger partial charge in [0, 0.05) is 18.3 Å². The van der Waals surface area contributed by atoms with Crippen LogP contribution in [0.2, 0.25) is 0 Å². The molecule has 0 heterocycles. The van der Waals surface area contributed by atoms with E-state index in [1.165, 1.54) is 11.1 Å². The summed E-state index contributed by atoms with van der Waals surface area (Å²) < 4.78 is 0. The number of nitrogens with two attached hydrogens (primary N) is 1. The number of carbonyl (C=O) groups is 1. The number of amides is 1. The molecule has 2 rings (SSSR count). The first-order chi connectivity index (χ1) is 9.10. The number of benzene rings is 2. The molecule has 0 spiro atoms. The van der Waals surface area contributed by atoms with Crippen molar-refractivity contribution in [1.82, 2.24) is 5.32 Å². The second-order valence-corrected chi connectivity index (χ2v) is 4.65. The van der Waals surface area contributed by atoms with Crippen molar-refractivity contribution >= 4 is 11.6 Å². The molecule has 98 valence electrons. The van der Waals surface area contributed by atoms with Crippen molar-refractivity contribution in [2.75, 3.05) is 12.8 Å². The largest absolute Gasteiger partial charge is 0.399 e. The van der Waals surface area contributed by atoms with E-state index in [0.717, 1.165) is 23.2 Å². The van der Waals surface area contributed by atoms with Crippen molar-refractivity contribution in [3.8, 4) is 0 Å². The Balaban J connectivity index is 2.20. The van der Waals surface area contributed by atoms with E-state index in [-0.39, 0.29) is 5.91 Å². The van der Waals surface area contributed by atoms with Crippen LogP contribution in [0, 0.1) is 6.92 Å². The van der Waals surface area contributed by atoms with Crippen LogP contribution in [0.5, 0.6) is 0 Å². The minimum absolute atomic E-state index is 0.0449. The van der Waals surface area contributed by atoms with E-state index in [1.54, 1.807) is 7.05 Å². The van der Waals surface area contributed by atoms with E-state index in [9.17, 15) is 4.79 Å². The molecule has 0 aromatic heterocycles. The first-order valence-electron chi connectivity index (χ1n) is 6.26. The van der Waals surface area contributed by atoms with E-state index in [2.05, 4.69) is 11.4 Å². The smallest absolute Gasteiger partial charge is 0.251 e. The van der Waals surface area contributed by atoms with Gasteiger partial charge in [-0.2, -0.15) is 0 Å². The Morgan fingerprint density at radius 3 is 2.32 bits per heavy atom.